The Morgan fingerprint density at radius 2 is 1.50 bits per heavy atom. The van der Waals surface area contributed by atoms with Crippen molar-refractivity contribution in [1.29, 1.82) is 0 Å². The molecular weight excluding hydrogens is 247 g/mol. The Hall–Kier alpha value is -1.37. The molecule has 0 aromatic heterocycles. The van der Waals surface area contributed by atoms with Gasteiger partial charge < -0.3 is 0 Å². The maximum Gasteiger partial charge on any atom is 0.123 e. The fourth-order valence-electron chi connectivity index (χ4n) is 2.50. The van der Waals surface area contributed by atoms with E-state index in [0.717, 1.165) is 6.42 Å². The van der Waals surface area contributed by atoms with Crippen molar-refractivity contribution in [2.24, 2.45) is 5.41 Å². The molecule has 0 spiro atoms. The van der Waals surface area contributed by atoms with E-state index in [1.54, 1.807) is 23.3 Å². The first-order valence-corrected chi connectivity index (χ1v) is 7.51. The molecule has 2 rings (SSSR count). The zero-order valence-corrected chi connectivity index (χ0v) is 13.5. The van der Waals surface area contributed by atoms with Crippen LogP contribution in [-0.4, -0.2) is 0 Å². The molecule has 0 bridgehead atoms. The fraction of sp³-hybridized carbons (Fsp3) is 0.474. The quantitative estimate of drug-likeness (QED) is 0.585. The highest BCUT2D eigenvalue weighted by Crippen LogP contribution is 2.56. The molecule has 0 radical (unpaired) electrons. The van der Waals surface area contributed by atoms with Crippen molar-refractivity contribution < 1.29 is 4.39 Å². The summed E-state index contributed by atoms with van der Waals surface area (Å²) in [6, 6.07) is 6.57. The molecule has 0 aliphatic heterocycles. The lowest BCUT2D eigenvalue weighted by Gasteiger charge is -2.16. The maximum absolute atomic E-state index is 12.2. The Kier molecular flexibility index (Phi) is 6.19. The second kappa shape index (κ2) is 7.42. The van der Waals surface area contributed by atoms with Crippen molar-refractivity contribution in [1.82, 2.24) is 0 Å². The Balaban J connectivity index is 0.000000204. The van der Waals surface area contributed by atoms with Crippen molar-refractivity contribution in [2.75, 3.05) is 0 Å². The van der Waals surface area contributed by atoms with Gasteiger partial charge in [-0.15, -0.1) is 0 Å². The minimum absolute atomic E-state index is 0.160. The molecule has 0 saturated heterocycles. The van der Waals surface area contributed by atoms with Gasteiger partial charge in [-0.3, -0.25) is 0 Å². The highest BCUT2D eigenvalue weighted by atomic mass is 19.1. The van der Waals surface area contributed by atoms with E-state index in [4.69, 9.17) is 0 Å². The van der Waals surface area contributed by atoms with Gasteiger partial charge in [0.1, 0.15) is 5.82 Å². The van der Waals surface area contributed by atoms with Crippen LogP contribution < -0.4 is 0 Å². The van der Waals surface area contributed by atoms with Crippen LogP contribution in [0.25, 0.3) is 0 Å². The summed E-state index contributed by atoms with van der Waals surface area (Å²) in [6.07, 6.45) is 8.19. The largest absolute Gasteiger partial charge is 0.207 e. The third-order valence-corrected chi connectivity index (χ3v) is 4.45. The molecule has 1 aromatic carbocycles. The van der Waals surface area contributed by atoms with E-state index in [2.05, 4.69) is 39.8 Å². The minimum atomic E-state index is -0.160. The van der Waals surface area contributed by atoms with Gasteiger partial charge in [0.15, 0.2) is 0 Å². The molecule has 0 heterocycles. The van der Waals surface area contributed by atoms with Gasteiger partial charge in [-0.1, -0.05) is 42.4 Å². The molecule has 1 heteroatoms. The Morgan fingerprint density at radius 3 is 1.80 bits per heavy atom. The molecule has 1 aromatic rings. The van der Waals surface area contributed by atoms with Crippen LogP contribution in [0.2, 0.25) is 0 Å². The average Bonchev–Trinajstić information content (AvgIpc) is 3.29. The highest BCUT2D eigenvalue weighted by molar-refractivity contribution is 5.33. The fourth-order valence-corrected chi connectivity index (χ4v) is 2.50. The summed E-state index contributed by atoms with van der Waals surface area (Å²) in [4.78, 5) is 0. The lowest BCUT2D eigenvalue weighted by molar-refractivity contribution is 0.627. The summed E-state index contributed by atoms with van der Waals surface area (Å²) in [5, 5.41) is 0. The van der Waals surface area contributed by atoms with Crippen molar-refractivity contribution in [2.45, 2.75) is 53.9 Å². The molecule has 0 N–H and O–H groups in total. The third kappa shape index (κ3) is 4.06. The SMILES string of the molecule is C/C=C(\C)C1(/C(C)=C/C)CC1.CCc1ccc(F)cc1. The summed E-state index contributed by atoms with van der Waals surface area (Å²) < 4.78 is 12.2. The molecule has 0 nitrogen and oxygen atoms in total. The van der Waals surface area contributed by atoms with Gasteiger partial charge in [0, 0.05) is 5.41 Å². The van der Waals surface area contributed by atoms with Gasteiger partial charge in [0.2, 0.25) is 0 Å². The van der Waals surface area contributed by atoms with Gasteiger partial charge in [0.05, 0.1) is 0 Å². The van der Waals surface area contributed by atoms with Gasteiger partial charge in [-0.25, -0.2) is 4.39 Å². The number of hydrogen-bond acceptors (Lipinski definition) is 0. The first kappa shape index (κ1) is 16.7. The number of halogens is 1. The Morgan fingerprint density at radius 1 is 1.05 bits per heavy atom. The summed E-state index contributed by atoms with van der Waals surface area (Å²) in [6.45, 7) is 10.8. The monoisotopic (exact) mass is 274 g/mol. The van der Waals surface area contributed by atoms with Crippen LogP contribution in [0.15, 0.2) is 47.6 Å². The first-order chi connectivity index (χ1) is 9.50. The predicted molar refractivity (Wildman–Crippen MR) is 86.3 cm³/mol. The second-order valence-electron chi connectivity index (χ2n) is 5.51. The standard InChI is InChI=1S/C11H18.C8H9F/c1-5-9(3)11(7-8-11)10(4)6-2;1-2-7-3-5-8(9)6-4-7/h5-6H,7-8H2,1-4H3;3-6H,2H2,1H3/b9-5+,10-6+;. The van der Waals surface area contributed by atoms with Crippen LogP contribution >= 0.6 is 0 Å². The van der Waals surface area contributed by atoms with E-state index in [0.29, 0.717) is 5.41 Å². The molecule has 1 fully saturated rings. The highest BCUT2D eigenvalue weighted by Gasteiger charge is 2.44. The van der Waals surface area contributed by atoms with Crippen LogP contribution in [0, 0.1) is 11.2 Å². The molecule has 0 unspecified atom stereocenters. The van der Waals surface area contributed by atoms with Crippen LogP contribution in [-0.2, 0) is 6.42 Å². The summed E-state index contributed by atoms with van der Waals surface area (Å²) in [5.74, 6) is -0.160. The molecule has 1 saturated carbocycles. The molecule has 1 aliphatic carbocycles. The van der Waals surface area contributed by atoms with E-state index in [1.165, 1.54) is 30.5 Å². The van der Waals surface area contributed by atoms with Crippen LogP contribution in [0.3, 0.4) is 0 Å². The number of benzene rings is 1. The van der Waals surface area contributed by atoms with Crippen molar-refractivity contribution >= 4 is 0 Å². The van der Waals surface area contributed by atoms with Gasteiger partial charge >= 0.3 is 0 Å². The second-order valence-corrected chi connectivity index (χ2v) is 5.51. The number of allylic oxidation sites excluding steroid dienone is 4. The Bertz CT molecular complexity index is 453. The zero-order valence-electron chi connectivity index (χ0n) is 13.5. The topological polar surface area (TPSA) is 0 Å². The lowest BCUT2D eigenvalue weighted by Crippen LogP contribution is -2.03. The Labute approximate surface area is 123 Å². The molecular formula is C19H27F. The summed E-state index contributed by atoms with van der Waals surface area (Å²) in [5.41, 5.74) is 4.77. The van der Waals surface area contributed by atoms with E-state index in [1.807, 2.05) is 6.92 Å². The van der Waals surface area contributed by atoms with E-state index >= 15 is 0 Å². The van der Waals surface area contributed by atoms with Gasteiger partial charge in [0.25, 0.3) is 0 Å². The summed E-state index contributed by atoms with van der Waals surface area (Å²) in [7, 11) is 0. The minimum Gasteiger partial charge on any atom is -0.207 e. The van der Waals surface area contributed by atoms with Crippen molar-refractivity contribution in [3.63, 3.8) is 0 Å². The predicted octanol–water partition coefficient (Wildman–Crippen LogP) is 6.09. The molecule has 110 valence electrons. The third-order valence-electron chi connectivity index (χ3n) is 4.45. The normalized spacial score (nSPS) is 17.3. The lowest BCUT2D eigenvalue weighted by atomic mass is 9.89. The first-order valence-electron chi connectivity index (χ1n) is 7.51. The van der Waals surface area contributed by atoms with E-state index in [9.17, 15) is 4.39 Å². The smallest absolute Gasteiger partial charge is 0.123 e. The summed E-state index contributed by atoms with van der Waals surface area (Å²) >= 11 is 0. The molecule has 0 atom stereocenters. The van der Waals surface area contributed by atoms with Crippen LogP contribution in [0.5, 0.6) is 0 Å². The number of hydrogen-bond donors (Lipinski definition) is 0. The average molecular weight is 274 g/mol. The molecule has 0 amide bonds. The zero-order chi connectivity index (χ0) is 15.2. The molecule has 1 aliphatic rings. The van der Waals surface area contributed by atoms with Crippen LogP contribution in [0.4, 0.5) is 4.39 Å². The van der Waals surface area contributed by atoms with Crippen molar-refractivity contribution in [3.8, 4) is 0 Å². The van der Waals surface area contributed by atoms with Crippen molar-refractivity contribution in [3.05, 3.63) is 58.9 Å². The number of aryl methyl sites for hydroxylation is 1. The van der Waals surface area contributed by atoms with E-state index < -0.39 is 0 Å². The molecule has 20 heavy (non-hydrogen) atoms. The van der Waals surface area contributed by atoms with E-state index in [-0.39, 0.29) is 5.82 Å². The van der Waals surface area contributed by atoms with Crippen LogP contribution in [0.1, 0.15) is 53.0 Å². The number of rotatable bonds is 3. The van der Waals surface area contributed by atoms with Gasteiger partial charge in [-0.05, 0) is 64.7 Å². The maximum atomic E-state index is 12.2. The van der Waals surface area contributed by atoms with Gasteiger partial charge in [-0.2, -0.15) is 0 Å².